The van der Waals surface area contributed by atoms with Crippen LogP contribution >= 0.6 is 22.7 Å². The lowest BCUT2D eigenvalue weighted by Gasteiger charge is -2.34. The standard InChI is InChI=1S/C22H24N8S2/c1-12-8-14(4-6-23-12)30(3)22-28-21-20(32-22)27-19(31-21)18-17-15(5-7-24-17)16(10-25-18)13-9-26-29(2)11-13/h5,7,9-12,14,23-24H,4,6,8H2,1-3H3/t12-,14+/m1/s1. The van der Waals surface area contributed by atoms with Crippen LogP contribution in [0, 0.1) is 0 Å². The van der Waals surface area contributed by atoms with Crippen molar-refractivity contribution in [2.24, 2.45) is 7.05 Å². The molecule has 0 amide bonds. The van der Waals surface area contributed by atoms with Gasteiger partial charge in [-0.2, -0.15) is 5.10 Å². The van der Waals surface area contributed by atoms with E-state index in [1.165, 1.54) is 0 Å². The molecule has 5 aromatic rings. The third-order valence-corrected chi connectivity index (χ3v) is 8.35. The van der Waals surface area contributed by atoms with Gasteiger partial charge in [0.2, 0.25) is 0 Å². The molecule has 0 aromatic carbocycles. The molecule has 6 rings (SSSR count). The van der Waals surface area contributed by atoms with Gasteiger partial charge in [0.1, 0.15) is 10.7 Å². The number of aryl methyl sites for hydroxylation is 1. The first kappa shape index (κ1) is 19.8. The number of pyridine rings is 1. The predicted molar refractivity (Wildman–Crippen MR) is 131 cm³/mol. The molecule has 0 aliphatic carbocycles. The minimum absolute atomic E-state index is 0.520. The molecule has 8 nitrogen and oxygen atoms in total. The van der Waals surface area contributed by atoms with Gasteiger partial charge < -0.3 is 15.2 Å². The third kappa shape index (κ3) is 3.30. The Kier molecular flexibility index (Phi) is 4.74. The first-order valence-electron chi connectivity index (χ1n) is 10.8. The zero-order valence-electron chi connectivity index (χ0n) is 18.2. The summed E-state index contributed by atoms with van der Waals surface area (Å²) in [6.07, 6.45) is 10.0. The summed E-state index contributed by atoms with van der Waals surface area (Å²) in [5.41, 5.74) is 3.98. The van der Waals surface area contributed by atoms with Crippen LogP contribution < -0.4 is 10.2 Å². The second kappa shape index (κ2) is 7.65. The highest BCUT2D eigenvalue weighted by Crippen LogP contribution is 2.39. The topological polar surface area (TPSA) is 87.6 Å². The first-order chi connectivity index (χ1) is 15.6. The van der Waals surface area contributed by atoms with Crippen LogP contribution in [-0.4, -0.2) is 55.4 Å². The lowest BCUT2D eigenvalue weighted by atomic mass is 10.00. The number of anilines is 1. The molecule has 10 heteroatoms. The molecular weight excluding hydrogens is 440 g/mol. The smallest absolute Gasteiger partial charge is 0.188 e. The van der Waals surface area contributed by atoms with E-state index in [0.29, 0.717) is 12.1 Å². The van der Waals surface area contributed by atoms with Gasteiger partial charge in [0.15, 0.2) is 14.8 Å². The summed E-state index contributed by atoms with van der Waals surface area (Å²) in [7, 11) is 4.08. The van der Waals surface area contributed by atoms with Crippen molar-refractivity contribution in [2.75, 3.05) is 18.5 Å². The number of nitrogens with one attached hydrogen (secondary N) is 2. The summed E-state index contributed by atoms with van der Waals surface area (Å²) >= 11 is 3.28. The van der Waals surface area contributed by atoms with E-state index in [4.69, 9.17) is 15.0 Å². The highest BCUT2D eigenvalue weighted by atomic mass is 32.1. The van der Waals surface area contributed by atoms with E-state index >= 15 is 0 Å². The van der Waals surface area contributed by atoms with E-state index in [2.05, 4.69) is 40.3 Å². The predicted octanol–water partition coefficient (Wildman–Crippen LogP) is 4.27. The van der Waals surface area contributed by atoms with Crippen molar-refractivity contribution in [1.82, 2.24) is 35.0 Å². The van der Waals surface area contributed by atoms with Gasteiger partial charge in [0, 0.05) is 61.3 Å². The molecule has 2 N–H and O–H groups in total. The van der Waals surface area contributed by atoms with Gasteiger partial charge >= 0.3 is 0 Å². The van der Waals surface area contributed by atoms with E-state index in [0.717, 1.165) is 66.9 Å². The lowest BCUT2D eigenvalue weighted by molar-refractivity contribution is 0.371. The quantitative estimate of drug-likeness (QED) is 0.413. The van der Waals surface area contributed by atoms with Gasteiger partial charge in [-0.1, -0.05) is 22.7 Å². The molecule has 164 valence electrons. The van der Waals surface area contributed by atoms with Crippen LogP contribution in [-0.2, 0) is 7.05 Å². The van der Waals surface area contributed by atoms with Gasteiger partial charge in [-0.05, 0) is 32.4 Å². The Hall–Kier alpha value is -2.82. The van der Waals surface area contributed by atoms with Crippen LogP contribution in [0.5, 0.6) is 0 Å². The number of rotatable bonds is 4. The summed E-state index contributed by atoms with van der Waals surface area (Å²) in [5.74, 6) is 0. The second-order valence-corrected chi connectivity index (χ2v) is 10.4. The van der Waals surface area contributed by atoms with Crippen molar-refractivity contribution < 1.29 is 0 Å². The van der Waals surface area contributed by atoms with Gasteiger partial charge in [0.25, 0.3) is 0 Å². The summed E-state index contributed by atoms with van der Waals surface area (Å²) in [6, 6.07) is 3.15. The van der Waals surface area contributed by atoms with Crippen LogP contribution in [0.2, 0.25) is 0 Å². The summed E-state index contributed by atoms with van der Waals surface area (Å²) < 4.78 is 1.81. The van der Waals surface area contributed by atoms with Crippen LogP contribution in [0.3, 0.4) is 0 Å². The first-order valence-corrected chi connectivity index (χ1v) is 12.4. The van der Waals surface area contributed by atoms with Gasteiger partial charge in [0.05, 0.1) is 11.7 Å². The zero-order valence-corrected chi connectivity index (χ0v) is 19.8. The molecule has 6 heterocycles. The minimum atomic E-state index is 0.520. The molecule has 5 aromatic heterocycles. The molecule has 2 atom stereocenters. The van der Waals surface area contributed by atoms with Crippen LogP contribution in [0.25, 0.3) is 42.4 Å². The molecule has 0 spiro atoms. The molecule has 1 aliphatic rings. The van der Waals surface area contributed by atoms with Crippen LogP contribution in [0.15, 0.2) is 30.9 Å². The van der Waals surface area contributed by atoms with E-state index in [1.54, 1.807) is 27.4 Å². The average molecular weight is 465 g/mol. The zero-order chi connectivity index (χ0) is 21.8. The molecule has 1 fully saturated rings. The van der Waals surface area contributed by atoms with E-state index in [1.807, 2.05) is 31.8 Å². The SMILES string of the molecule is C[C@@H]1C[C@@H](N(C)c2nc3sc(-c4ncc(-c5cnn(C)c5)c5cc[nH]c45)nc3s2)CCN1. The summed E-state index contributed by atoms with van der Waals surface area (Å²) in [5, 5.41) is 10.9. The average Bonchev–Trinajstić information content (AvgIpc) is 3.55. The Morgan fingerprint density at radius 2 is 2.06 bits per heavy atom. The van der Waals surface area contributed by atoms with Gasteiger partial charge in [-0.3, -0.25) is 9.67 Å². The number of H-pyrrole nitrogens is 1. The number of aromatic nitrogens is 6. The number of aromatic amines is 1. The number of hydrogen-bond donors (Lipinski definition) is 2. The minimum Gasteiger partial charge on any atom is -0.359 e. The van der Waals surface area contributed by atoms with Crippen molar-refractivity contribution in [2.45, 2.75) is 31.8 Å². The monoisotopic (exact) mass is 464 g/mol. The largest absolute Gasteiger partial charge is 0.359 e. The van der Waals surface area contributed by atoms with Crippen LogP contribution in [0.4, 0.5) is 5.13 Å². The fourth-order valence-corrected chi connectivity index (χ4v) is 6.58. The highest BCUT2D eigenvalue weighted by molar-refractivity contribution is 7.29. The number of fused-ring (bicyclic) bond motifs is 2. The van der Waals surface area contributed by atoms with Crippen molar-refractivity contribution >= 4 is 48.4 Å². The molecular formula is C22H24N8S2. The molecule has 1 saturated heterocycles. The highest BCUT2D eigenvalue weighted by Gasteiger charge is 2.25. The van der Waals surface area contributed by atoms with Crippen molar-refractivity contribution in [3.8, 4) is 21.8 Å². The maximum Gasteiger partial charge on any atom is 0.188 e. The number of piperidine rings is 1. The van der Waals surface area contributed by atoms with Crippen molar-refractivity contribution in [3.05, 3.63) is 30.9 Å². The third-order valence-electron chi connectivity index (χ3n) is 6.23. The summed E-state index contributed by atoms with van der Waals surface area (Å²) in [4.78, 5) is 22.3. The summed E-state index contributed by atoms with van der Waals surface area (Å²) in [6.45, 7) is 3.31. The van der Waals surface area contributed by atoms with Gasteiger partial charge in [-0.15, -0.1) is 0 Å². The second-order valence-electron chi connectivity index (χ2n) is 8.46. The van der Waals surface area contributed by atoms with E-state index < -0.39 is 0 Å². The van der Waals surface area contributed by atoms with Crippen LogP contribution in [0.1, 0.15) is 19.8 Å². The Labute approximate surface area is 193 Å². The number of nitrogens with zero attached hydrogens (tertiary/aromatic N) is 6. The molecule has 0 radical (unpaired) electrons. The molecule has 32 heavy (non-hydrogen) atoms. The van der Waals surface area contributed by atoms with Gasteiger partial charge in [-0.25, -0.2) is 9.97 Å². The van der Waals surface area contributed by atoms with E-state index in [9.17, 15) is 0 Å². The Bertz CT molecular complexity index is 1380. The molecule has 0 bridgehead atoms. The Morgan fingerprint density at radius 3 is 2.84 bits per heavy atom. The fraction of sp³-hybridized carbons (Fsp3) is 0.364. The van der Waals surface area contributed by atoms with E-state index in [-0.39, 0.29) is 0 Å². The maximum atomic E-state index is 4.93. The fourth-order valence-electron chi connectivity index (χ4n) is 4.50. The Morgan fingerprint density at radius 1 is 1.19 bits per heavy atom. The van der Waals surface area contributed by atoms with Crippen molar-refractivity contribution in [3.63, 3.8) is 0 Å². The maximum absolute atomic E-state index is 4.93. The molecule has 1 aliphatic heterocycles. The van der Waals surface area contributed by atoms with Crippen molar-refractivity contribution in [1.29, 1.82) is 0 Å². The molecule has 0 unspecified atom stereocenters. The number of hydrogen-bond acceptors (Lipinski definition) is 8. The molecule has 0 saturated carbocycles. The normalized spacial score (nSPS) is 19.2. The lowest BCUT2D eigenvalue weighted by Crippen LogP contribution is -2.45. The Balaban J connectivity index is 1.34. The number of thiazole rings is 2.